The van der Waals surface area contributed by atoms with Gasteiger partial charge in [-0.25, -0.2) is 4.79 Å². The molecule has 23 heteroatoms. The average Bonchev–Trinajstić information content (AvgIpc) is 3.43. The van der Waals surface area contributed by atoms with Gasteiger partial charge in [-0.05, 0) is 71.9 Å². The maximum atomic E-state index is 14.7. The fraction of sp³-hybridized carbons (Fsp3) is 0.414. The maximum absolute atomic E-state index is 14.7. The lowest BCUT2D eigenvalue weighted by molar-refractivity contribution is -0.142. The molecule has 0 aromatic heterocycles. The molecule has 4 rings (SSSR count). The lowest BCUT2D eigenvalue weighted by Crippen LogP contribution is -2.61. The van der Waals surface area contributed by atoms with Crippen LogP contribution >= 0.6 is 0 Å². The first kappa shape index (κ1) is 64.7. The molecule has 0 aliphatic heterocycles. The predicted molar refractivity (Wildman–Crippen MR) is 302 cm³/mol. The van der Waals surface area contributed by atoms with Gasteiger partial charge >= 0.3 is 11.9 Å². The molecule has 0 unspecified atom stereocenters. The van der Waals surface area contributed by atoms with Crippen LogP contribution in [0.5, 0.6) is 5.75 Å². The summed E-state index contributed by atoms with van der Waals surface area (Å²) in [4.78, 5) is 127. The van der Waals surface area contributed by atoms with Crippen molar-refractivity contribution in [2.75, 3.05) is 6.54 Å². The van der Waals surface area contributed by atoms with Crippen LogP contribution in [0, 0.1) is 11.8 Å². The largest absolute Gasteiger partial charge is 0.508 e. The molecule has 7 amide bonds. The first-order chi connectivity index (χ1) is 38.5. The fourth-order valence-electron chi connectivity index (χ4n) is 8.55. The number of aliphatic imine (C=N–C) groups is 1. The number of guanidine groups is 1. The Morgan fingerprint density at radius 1 is 0.469 bits per heavy atom. The summed E-state index contributed by atoms with van der Waals surface area (Å²) < 4.78 is 0. The van der Waals surface area contributed by atoms with Crippen molar-refractivity contribution >= 4 is 59.2 Å². The Balaban J connectivity index is 1.62. The number of rotatable bonds is 33. The van der Waals surface area contributed by atoms with Crippen LogP contribution in [0.4, 0.5) is 0 Å². The number of carboxylic acid groups (broad SMARTS) is 2. The van der Waals surface area contributed by atoms with E-state index in [9.17, 15) is 58.5 Å². The summed E-state index contributed by atoms with van der Waals surface area (Å²) in [5.74, 6) is -9.25. The number of aromatic hydroxyl groups is 1. The van der Waals surface area contributed by atoms with E-state index in [4.69, 9.17) is 17.2 Å². The van der Waals surface area contributed by atoms with Gasteiger partial charge in [-0.1, -0.05) is 131 Å². The van der Waals surface area contributed by atoms with Crippen LogP contribution in [0.2, 0.25) is 0 Å². The van der Waals surface area contributed by atoms with Crippen molar-refractivity contribution < 1.29 is 58.5 Å². The molecule has 0 radical (unpaired) electrons. The molecule has 0 aliphatic carbocycles. The van der Waals surface area contributed by atoms with Crippen molar-refractivity contribution in [3.8, 4) is 5.75 Å². The number of carbonyl (C=O) groups is 9. The SMILES string of the molecule is CC(C)C[C@H](NC(=O)[C@H](Cc1ccccc1)NC(=O)[C@H](Cc1ccccc1)NC(=O)[C@@H](NC(=O)[C@H](Cc1ccccc1)NC(=O)[C@H](CCC(=O)O)NC(=O)[C@@H](N)CCCN=C(N)N)C(C)C)C(=O)N[C@@H](Cc1ccc(O)cc1)C(=O)O. The minimum atomic E-state index is -1.46. The normalized spacial score (nSPS) is 14.0. The zero-order chi connectivity index (χ0) is 59.6. The average molecular weight is 1120 g/mol. The molecule has 81 heavy (non-hydrogen) atoms. The third-order valence-corrected chi connectivity index (χ3v) is 12.9. The molecule has 0 bridgehead atoms. The van der Waals surface area contributed by atoms with Gasteiger partial charge in [-0.15, -0.1) is 0 Å². The summed E-state index contributed by atoms with van der Waals surface area (Å²) in [7, 11) is 0. The minimum absolute atomic E-state index is 0.0254. The van der Waals surface area contributed by atoms with Gasteiger partial charge in [0.25, 0.3) is 0 Å². The number of hydrogen-bond donors (Lipinski definition) is 13. The van der Waals surface area contributed by atoms with Crippen molar-refractivity contribution in [3.63, 3.8) is 0 Å². The van der Waals surface area contributed by atoms with Gasteiger partial charge in [0.15, 0.2) is 5.96 Å². The molecule has 0 fully saturated rings. The molecule has 8 atom stereocenters. The molecule has 4 aromatic carbocycles. The second-order valence-corrected chi connectivity index (χ2v) is 20.5. The third kappa shape index (κ3) is 23.2. The second-order valence-electron chi connectivity index (χ2n) is 20.5. The highest BCUT2D eigenvalue weighted by Gasteiger charge is 2.36. The topological polar surface area (TPSA) is 389 Å². The molecule has 23 nitrogen and oxygen atoms in total. The highest BCUT2D eigenvalue weighted by Crippen LogP contribution is 2.15. The number of carboxylic acids is 2. The van der Waals surface area contributed by atoms with E-state index >= 15 is 0 Å². The zero-order valence-electron chi connectivity index (χ0n) is 46.0. The Labute approximate surface area is 471 Å². The van der Waals surface area contributed by atoms with Crippen LogP contribution in [-0.4, -0.2) is 129 Å². The predicted octanol–water partition coefficient (Wildman–Crippen LogP) is 1.09. The molecule has 0 spiro atoms. The quantitative estimate of drug-likeness (QED) is 0.0180. The van der Waals surface area contributed by atoms with Gasteiger partial charge in [0.05, 0.1) is 6.04 Å². The van der Waals surface area contributed by atoms with Crippen molar-refractivity contribution in [3.05, 3.63) is 138 Å². The Hall–Kier alpha value is -8.86. The lowest BCUT2D eigenvalue weighted by Gasteiger charge is -2.29. The highest BCUT2D eigenvalue weighted by molar-refractivity contribution is 5.98. The molecule has 0 saturated carbocycles. The van der Waals surface area contributed by atoms with E-state index in [1.807, 2.05) is 13.8 Å². The summed E-state index contributed by atoms with van der Waals surface area (Å²) in [6.45, 7) is 7.10. The summed E-state index contributed by atoms with van der Waals surface area (Å²) in [6, 6.07) is 21.1. The van der Waals surface area contributed by atoms with Crippen LogP contribution in [0.1, 0.15) is 82.1 Å². The van der Waals surface area contributed by atoms with Gasteiger partial charge < -0.3 is 69.7 Å². The van der Waals surface area contributed by atoms with Crippen LogP contribution < -0.4 is 54.4 Å². The summed E-state index contributed by atoms with van der Waals surface area (Å²) in [6.07, 6.45) is -0.797. The number of benzene rings is 4. The smallest absolute Gasteiger partial charge is 0.326 e. The molecular formula is C58H77N11O12. The van der Waals surface area contributed by atoms with Gasteiger partial charge in [-0.2, -0.15) is 0 Å². The van der Waals surface area contributed by atoms with Crippen molar-refractivity contribution in [1.29, 1.82) is 0 Å². The molecule has 0 heterocycles. The van der Waals surface area contributed by atoms with Crippen LogP contribution in [0.3, 0.4) is 0 Å². The summed E-state index contributed by atoms with van der Waals surface area (Å²) in [5.41, 5.74) is 19.2. The van der Waals surface area contributed by atoms with E-state index < -0.39 is 114 Å². The second kappa shape index (κ2) is 32.9. The van der Waals surface area contributed by atoms with Gasteiger partial charge in [0, 0.05) is 38.6 Å². The number of nitrogens with zero attached hydrogens (tertiary/aromatic N) is 1. The number of nitrogens with one attached hydrogen (secondary N) is 7. The van der Waals surface area contributed by atoms with E-state index in [-0.39, 0.29) is 69.1 Å². The molecule has 16 N–H and O–H groups in total. The van der Waals surface area contributed by atoms with Gasteiger partial charge in [0.1, 0.15) is 48.0 Å². The summed E-state index contributed by atoms with van der Waals surface area (Å²) >= 11 is 0. The van der Waals surface area contributed by atoms with E-state index in [0.717, 1.165) is 0 Å². The minimum Gasteiger partial charge on any atom is -0.508 e. The number of phenolic OH excluding ortho intramolecular Hbond substituents is 1. The third-order valence-electron chi connectivity index (χ3n) is 12.9. The lowest BCUT2D eigenvalue weighted by atomic mass is 9.98. The van der Waals surface area contributed by atoms with E-state index in [1.165, 1.54) is 24.3 Å². The van der Waals surface area contributed by atoms with E-state index in [1.54, 1.807) is 105 Å². The zero-order valence-corrected chi connectivity index (χ0v) is 46.0. The molecule has 0 saturated heterocycles. The number of amides is 7. The first-order valence-electron chi connectivity index (χ1n) is 26.8. The number of carbonyl (C=O) groups excluding carboxylic acids is 7. The maximum Gasteiger partial charge on any atom is 0.326 e. The van der Waals surface area contributed by atoms with E-state index in [0.29, 0.717) is 28.7 Å². The molecule has 0 aliphatic rings. The highest BCUT2D eigenvalue weighted by atomic mass is 16.4. The Kier molecular flexibility index (Phi) is 26.3. The molecular weight excluding hydrogens is 1040 g/mol. The Morgan fingerprint density at radius 2 is 0.852 bits per heavy atom. The molecule has 4 aromatic rings. The van der Waals surface area contributed by atoms with Crippen molar-refractivity contribution in [1.82, 2.24) is 37.2 Å². The van der Waals surface area contributed by atoms with Gasteiger partial charge in [0.2, 0.25) is 41.4 Å². The van der Waals surface area contributed by atoms with Crippen LogP contribution in [0.15, 0.2) is 120 Å². The monoisotopic (exact) mass is 1120 g/mol. The number of nitrogens with two attached hydrogens (primary N) is 3. The number of hydrogen-bond acceptors (Lipinski definition) is 12. The van der Waals surface area contributed by atoms with Crippen LogP contribution in [-0.2, 0) is 68.8 Å². The summed E-state index contributed by atoms with van der Waals surface area (Å²) in [5, 5.41) is 48.1. The Morgan fingerprint density at radius 3 is 1.28 bits per heavy atom. The number of phenols is 1. The standard InChI is InChI=1S/C58H77N11O12/c1-34(2)29-43(52(75)68-47(57(80)81)33-39-22-24-40(70)25-23-39)64-53(76)44(30-36-15-8-5-9-16-36)66-54(77)45(31-37-17-10-6-11-18-37)67-56(79)49(35(3)4)69-55(78)46(32-38-19-12-7-13-20-38)65-51(74)42(26-27-48(71)72)63-50(73)41(59)21-14-28-62-58(60)61/h5-13,15-20,22-25,34-35,41-47,49,70H,14,21,26-33,59H2,1-4H3,(H,63,73)(H,64,76)(H,65,74)(H,66,77)(H,67,79)(H,68,75)(H,69,78)(H,71,72)(H,80,81)(H4,60,61,62)/t41-,42-,43-,44-,45-,46-,47-,49-/m0/s1. The van der Waals surface area contributed by atoms with Crippen molar-refractivity contribution in [2.24, 2.45) is 34.0 Å². The van der Waals surface area contributed by atoms with Crippen molar-refractivity contribution in [2.45, 2.75) is 134 Å². The van der Waals surface area contributed by atoms with E-state index in [2.05, 4.69) is 42.2 Å². The fourth-order valence-corrected chi connectivity index (χ4v) is 8.55. The van der Waals surface area contributed by atoms with Gasteiger partial charge in [-0.3, -0.25) is 43.3 Å². The van der Waals surface area contributed by atoms with Crippen LogP contribution in [0.25, 0.3) is 0 Å². The first-order valence-corrected chi connectivity index (χ1v) is 26.8. The number of aliphatic carboxylic acids is 2. The Bertz CT molecular complexity index is 2750. The molecule has 436 valence electrons.